The predicted molar refractivity (Wildman–Crippen MR) is 166 cm³/mol. The number of imide groups is 1. The van der Waals surface area contributed by atoms with E-state index in [4.69, 9.17) is 9.47 Å². The summed E-state index contributed by atoms with van der Waals surface area (Å²) in [6, 6.07) is 16.3. The molecule has 4 amide bonds. The van der Waals surface area contributed by atoms with Crippen molar-refractivity contribution in [3.05, 3.63) is 77.4 Å². The summed E-state index contributed by atoms with van der Waals surface area (Å²) >= 11 is 0. The molecule has 3 N–H and O–H groups in total. The molecule has 0 spiro atoms. The molecule has 1 saturated heterocycles. The molecule has 11 nitrogen and oxygen atoms in total. The van der Waals surface area contributed by atoms with Gasteiger partial charge in [0.15, 0.2) is 0 Å². The maximum atomic E-state index is 13.5. The minimum Gasteiger partial charge on any atom is -0.497 e. The smallest absolute Gasteiger partial charge is 0.328 e. The average Bonchev–Trinajstić information content (AvgIpc) is 2.96. The highest BCUT2D eigenvalue weighted by atomic mass is 32.2. The van der Waals surface area contributed by atoms with E-state index in [0.29, 0.717) is 40.5 Å². The number of carbonyl (C=O) groups excluding carboxylic acids is 3. The van der Waals surface area contributed by atoms with Gasteiger partial charge in [-0.05, 0) is 65.9 Å². The first-order valence-electron chi connectivity index (χ1n) is 13.7. The number of sulfonamides is 1. The maximum Gasteiger partial charge on any atom is 0.328 e. The Bertz CT molecular complexity index is 1610. The lowest BCUT2D eigenvalue weighted by molar-refractivity contribution is -0.120. The Morgan fingerprint density at radius 3 is 2.19 bits per heavy atom. The van der Waals surface area contributed by atoms with Crippen LogP contribution in [0.4, 0.5) is 21.9 Å². The second kappa shape index (κ2) is 12.7. The minimum atomic E-state index is -3.62. The first kappa shape index (κ1) is 31.4. The molecule has 4 rings (SSSR count). The first-order chi connectivity index (χ1) is 20.3. The molecule has 0 radical (unpaired) electrons. The number of urea groups is 1. The van der Waals surface area contributed by atoms with Crippen molar-refractivity contribution in [2.45, 2.75) is 39.0 Å². The molecular weight excluding hydrogens is 572 g/mol. The summed E-state index contributed by atoms with van der Waals surface area (Å²) in [5.41, 5.74) is 2.59. The summed E-state index contributed by atoms with van der Waals surface area (Å²) in [6.45, 7) is 6.08. The molecule has 0 unspecified atom stereocenters. The van der Waals surface area contributed by atoms with Crippen LogP contribution in [0.15, 0.2) is 60.7 Å². The van der Waals surface area contributed by atoms with Gasteiger partial charge in [-0.3, -0.25) is 24.5 Å². The average molecular weight is 609 g/mol. The highest BCUT2D eigenvalue weighted by molar-refractivity contribution is 7.92. The number of ether oxygens (including phenoxy) is 2. The maximum absolute atomic E-state index is 13.5. The number of benzene rings is 3. The molecule has 3 aromatic rings. The van der Waals surface area contributed by atoms with Crippen LogP contribution in [-0.4, -0.2) is 52.8 Å². The molecule has 0 bridgehead atoms. The van der Waals surface area contributed by atoms with Gasteiger partial charge in [-0.15, -0.1) is 0 Å². The number of rotatable bonds is 10. The van der Waals surface area contributed by atoms with Crippen molar-refractivity contribution in [1.29, 1.82) is 0 Å². The number of hydrogen-bond acceptors (Lipinski definition) is 7. The molecule has 12 heteroatoms. The van der Waals surface area contributed by atoms with Crippen LogP contribution in [0.1, 0.15) is 48.7 Å². The molecule has 0 aromatic heterocycles. The van der Waals surface area contributed by atoms with Gasteiger partial charge in [-0.2, -0.15) is 0 Å². The monoisotopic (exact) mass is 608 g/mol. The number of nitrogens with zero attached hydrogens (tertiary/aromatic N) is 1. The third-order valence-electron chi connectivity index (χ3n) is 6.93. The fourth-order valence-electron chi connectivity index (χ4n) is 4.62. The van der Waals surface area contributed by atoms with Gasteiger partial charge >= 0.3 is 6.03 Å². The van der Waals surface area contributed by atoms with E-state index in [2.05, 4.69) is 15.4 Å². The van der Waals surface area contributed by atoms with Crippen molar-refractivity contribution in [1.82, 2.24) is 5.32 Å². The molecule has 0 atom stereocenters. The van der Waals surface area contributed by atoms with E-state index in [1.165, 1.54) is 12.0 Å². The largest absolute Gasteiger partial charge is 0.497 e. The number of nitrogens with one attached hydrogen (secondary N) is 3. The van der Waals surface area contributed by atoms with Gasteiger partial charge in [-0.1, -0.05) is 32.9 Å². The van der Waals surface area contributed by atoms with E-state index in [1.807, 2.05) is 32.9 Å². The quantitative estimate of drug-likeness (QED) is 0.303. The van der Waals surface area contributed by atoms with E-state index in [1.54, 1.807) is 55.6 Å². The fourth-order valence-corrected chi connectivity index (χ4v) is 5.72. The summed E-state index contributed by atoms with van der Waals surface area (Å²) in [5, 5.41) is 5.13. The molecule has 1 aliphatic heterocycles. The van der Waals surface area contributed by atoms with Gasteiger partial charge in [0.2, 0.25) is 15.9 Å². The van der Waals surface area contributed by atoms with Crippen molar-refractivity contribution in [2.75, 3.05) is 41.5 Å². The Morgan fingerprint density at radius 1 is 0.953 bits per heavy atom. The Kier molecular flexibility index (Phi) is 9.29. The second-order valence-corrected chi connectivity index (χ2v) is 13.0. The number of amides is 4. The van der Waals surface area contributed by atoms with E-state index in [9.17, 15) is 22.8 Å². The second-order valence-electron chi connectivity index (χ2n) is 11.1. The third kappa shape index (κ3) is 7.83. The highest BCUT2D eigenvalue weighted by Crippen LogP contribution is 2.38. The third-order valence-corrected chi connectivity index (χ3v) is 8.22. The molecule has 43 heavy (non-hydrogen) atoms. The molecule has 1 fully saturated rings. The zero-order chi connectivity index (χ0) is 31.4. The summed E-state index contributed by atoms with van der Waals surface area (Å²) in [6.07, 6.45) is 0.474. The van der Waals surface area contributed by atoms with E-state index < -0.39 is 27.4 Å². The molecule has 3 aromatic carbocycles. The highest BCUT2D eigenvalue weighted by Gasteiger charge is 2.30. The summed E-state index contributed by atoms with van der Waals surface area (Å²) < 4.78 is 38.7. The van der Waals surface area contributed by atoms with Crippen molar-refractivity contribution in [2.24, 2.45) is 0 Å². The van der Waals surface area contributed by atoms with Gasteiger partial charge in [0.1, 0.15) is 11.5 Å². The summed E-state index contributed by atoms with van der Waals surface area (Å²) in [4.78, 5) is 39.2. The van der Waals surface area contributed by atoms with Gasteiger partial charge in [0.25, 0.3) is 5.91 Å². The number of methoxy groups -OCH3 is 2. The van der Waals surface area contributed by atoms with E-state index >= 15 is 0 Å². The molecule has 0 aliphatic carbocycles. The summed E-state index contributed by atoms with van der Waals surface area (Å²) in [7, 11) is -0.578. The lowest BCUT2D eigenvalue weighted by atomic mass is 9.84. The van der Waals surface area contributed by atoms with Crippen LogP contribution in [0.5, 0.6) is 11.5 Å². The van der Waals surface area contributed by atoms with Crippen LogP contribution in [0.25, 0.3) is 0 Å². The van der Waals surface area contributed by atoms with Crippen LogP contribution >= 0.6 is 0 Å². The number of anilines is 3. The topological polar surface area (TPSA) is 143 Å². The lowest BCUT2D eigenvalue weighted by Crippen LogP contribution is -2.49. The standard InChI is InChI=1S/C31H36N4O7S/c1-31(2,3)26-19-23(35-16-14-27(36)33-30(35)38)18-25(28(26)42-5)29(37)32-21-8-10-22(11-9-21)34-43(39,40)17-15-20-6-12-24(41-4)13-7-20/h6-13,18-19,34H,14-17H2,1-5H3,(H,32,37)(H,33,36,38). The molecule has 0 saturated carbocycles. The molecule has 1 heterocycles. The van der Waals surface area contributed by atoms with Crippen LogP contribution < -0.4 is 29.7 Å². The van der Waals surface area contributed by atoms with E-state index in [0.717, 1.165) is 5.56 Å². The van der Waals surface area contributed by atoms with Gasteiger partial charge in [0.05, 0.1) is 25.5 Å². The van der Waals surface area contributed by atoms with Crippen molar-refractivity contribution in [3.63, 3.8) is 0 Å². The van der Waals surface area contributed by atoms with E-state index in [-0.39, 0.29) is 30.2 Å². The zero-order valence-corrected chi connectivity index (χ0v) is 25.6. The zero-order valence-electron chi connectivity index (χ0n) is 24.8. The van der Waals surface area contributed by atoms with Crippen LogP contribution in [0.2, 0.25) is 0 Å². The van der Waals surface area contributed by atoms with Gasteiger partial charge in [-0.25, -0.2) is 13.2 Å². The van der Waals surface area contributed by atoms with Gasteiger partial charge < -0.3 is 14.8 Å². The van der Waals surface area contributed by atoms with Crippen molar-refractivity contribution in [3.8, 4) is 11.5 Å². The lowest BCUT2D eigenvalue weighted by Gasteiger charge is -2.30. The molecular formula is C31H36N4O7S. The summed E-state index contributed by atoms with van der Waals surface area (Å²) in [5.74, 6) is 0.123. The SMILES string of the molecule is COc1ccc(CCS(=O)(=O)Nc2ccc(NC(=O)c3cc(N4CCC(=O)NC4=O)cc(C(C)(C)C)c3OC)cc2)cc1. The number of aryl methyl sites for hydroxylation is 1. The Balaban J connectivity index is 1.50. The Hall–Kier alpha value is -4.58. The Labute approximate surface area is 251 Å². The number of hydrogen-bond donors (Lipinski definition) is 3. The van der Waals surface area contributed by atoms with Crippen molar-refractivity contribution >= 4 is 44.9 Å². The first-order valence-corrected chi connectivity index (χ1v) is 15.3. The van der Waals surface area contributed by atoms with Gasteiger partial charge in [0, 0.05) is 35.6 Å². The normalized spacial score (nSPS) is 13.7. The minimum absolute atomic E-state index is 0.104. The Morgan fingerprint density at radius 2 is 1.60 bits per heavy atom. The van der Waals surface area contributed by atoms with Crippen LogP contribution in [0, 0.1) is 0 Å². The fraction of sp³-hybridized carbons (Fsp3) is 0.323. The van der Waals surface area contributed by atoms with Crippen LogP contribution in [-0.2, 0) is 26.7 Å². The molecule has 1 aliphatic rings. The van der Waals surface area contributed by atoms with Crippen molar-refractivity contribution < 1.29 is 32.3 Å². The predicted octanol–water partition coefficient (Wildman–Crippen LogP) is 4.68. The number of carbonyl (C=O) groups is 3. The molecule has 228 valence electrons. The van der Waals surface area contributed by atoms with Crippen LogP contribution in [0.3, 0.4) is 0 Å².